The Morgan fingerprint density at radius 3 is 2.58 bits per heavy atom. The van der Waals surface area contributed by atoms with Crippen molar-refractivity contribution >= 4 is 40.1 Å². The van der Waals surface area contributed by atoms with Crippen LogP contribution >= 0.6 is 11.8 Å². The lowest BCUT2D eigenvalue weighted by Gasteiger charge is -2.23. The molecule has 38 heavy (non-hydrogen) atoms. The molecular formula is C29H27FN4O3S. The second-order valence-corrected chi connectivity index (χ2v) is 10.4. The van der Waals surface area contributed by atoms with Gasteiger partial charge in [0, 0.05) is 24.1 Å². The van der Waals surface area contributed by atoms with E-state index in [2.05, 4.69) is 10.3 Å². The van der Waals surface area contributed by atoms with E-state index >= 15 is 0 Å². The Morgan fingerprint density at radius 1 is 1.11 bits per heavy atom. The molecule has 1 N–H and O–H groups in total. The number of amides is 2. The van der Waals surface area contributed by atoms with Gasteiger partial charge in [0.25, 0.3) is 5.91 Å². The number of aliphatic imine (C=N–C) groups is 1. The number of nitrogens with zero attached hydrogens (tertiary/aromatic N) is 3. The van der Waals surface area contributed by atoms with Crippen LogP contribution in [0, 0.1) is 19.7 Å². The molecule has 0 bridgehead atoms. The number of amidine groups is 1. The van der Waals surface area contributed by atoms with E-state index in [1.54, 1.807) is 30.3 Å². The maximum atomic E-state index is 14.9. The van der Waals surface area contributed by atoms with Crippen molar-refractivity contribution in [3.63, 3.8) is 0 Å². The topological polar surface area (TPSA) is 83.4 Å². The number of methoxy groups -OCH3 is 1. The molecule has 2 atom stereocenters. The van der Waals surface area contributed by atoms with Crippen molar-refractivity contribution in [1.82, 2.24) is 5.01 Å². The van der Waals surface area contributed by atoms with Crippen molar-refractivity contribution in [3.8, 4) is 5.75 Å². The lowest BCUT2D eigenvalue weighted by molar-refractivity contribution is -0.121. The van der Waals surface area contributed by atoms with E-state index in [0.717, 1.165) is 28.2 Å². The summed E-state index contributed by atoms with van der Waals surface area (Å²) in [7, 11) is 1.60. The second-order valence-electron chi connectivity index (χ2n) is 9.25. The maximum Gasteiger partial charge on any atom is 0.262 e. The third-order valence-electron chi connectivity index (χ3n) is 6.68. The number of benzene rings is 3. The molecule has 0 aromatic heterocycles. The summed E-state index contributed by atoms with van der Waals surface area (Å²) in [5.74, 6) is -0.309. The molecule has 0 fully saturated rings. The van der Waals surface area contributed by atoms with Gasteiger partial charge >= 0.3 is 0 Å². The lowest BCUT2D eigenvalue weighted by Crippen LogP contribution is -2.25. The fourth-order valence-corrected chi connectivity index (χ4v) is 5.50. The quantitative estimate of drug-likeness (QED) is 0.447. The van der Waals surface area contributed by atoms with Crippen LogP contribution in [-0.4, -0.2) is 40.1 Å². The number of hydrazone groups is 1. The summed E-state index contributed by atoms with van der Waals surface area (Å²) < 4.78 is 20.1. The first-order chi connectivity index (χ1) is 18.3. The third-order valence-corrected chi connectivity index (χ3v) is 7.83. The summed E-state index contributed by atoms with van der Waals surface area (Å²) in [6.45, 7) is 3.98. The summed E-state index contributed by atoms with van der Waals surface area (Å²) in [4.78, 5) is 29.8. The van der Waals surface area contributed by atoms with Gasteiger partial charge in [0.2, 0.25) is 5.91 Å². The average molecular weight is 531 g/mol. The van der Waals surface area contributed by atoms with Crippen LogP contribution in [0.25, 0.3) is 0 Å². The Kier molecular flexibility index (Phi) is 7.28. The predicted octanol–water partition coefficient (Wildman–Crippen LogP) is 5.63. The smallest absolute Gasteiger partial charge is 0.262 e. The van der Waals surface area contributed by atoms with E-state index < -0.39 is 17.2 Å². The minimum Gasteiger partial charge on any atom is -0.497 e. The highest BCUT2D eigenvalue weighted by molar-refractivity contribution is 8.15. The molecule has 0 aliphatic carbocycles. The number of carbonyl (C=O) groups is 2. The molecule has 0 saturated heterocycles. The highest BCUT2D eigenvalue weighted by Crippen LogP contribution is 2.39. The summed E-state index contributed by atoms with van der Waals surface area (Å²) in [5, 5.41) is 8.92. The van der Waals surface area contributed by atoms with Gasteiger partial charge in [-0.2, -0.15) is 10.1 Å². The summed E-state index contributed by atoms with van der Waals surface area (Å²) in [5.41, 5.74) is 4.96. The largest absolute Gasteiger partial charge is 0.497 e. The van der Waals surface area contributed by atoms with Crippen LogP contribution in [0.4, 0.5) is 10.1 Å². The van der Waals surface area contributed by atoms with Gasteiger partial charge in [0.15, 0.2) is 5.17 Å². The number of aryl methyl sites for hydroxylation is 2. The van der Waals surface area contributed by atoms with Gasteiger partial charge in [-0.05, 0) is 73.0 Å². The maximum absolute atomic E-state index is 14.9. The van der Waals surface area contributed by atoms with Crippen LogP contribution in [0.3, 0.4) is 0 Å². The van der Waals surface area contributed by atoms with Gasteiger partial charge in [-0.1, -0.05) is 36.0 Å². The van der Waals surface area contributed by atoms with E-state index in [0.29, 0.717) is 22.8 Å². The average Bonchev–Trinajstić information content (AvgIpc) is 3.50. The van der Waals surface area contributed by atoms with E-state index in [9.17, 15) is 14.0 Å². The first-order valence-electron chi connectivity index (χ1n) is 12.2. The van der Waals surface area contributed by atoms with Crippen molar-refractivity contribution in [1.29, 1.82) is 0 Å². The molecular weight excluding hydrogens is 503 g/mol. The van der Waals surface area contributed by atoms with Gasteiger partial charge in [-0.25, -0.2) is 9.40 Å². The van der Waals surface area contributed by atoms with Gasteiger partial charge in [0.05, 0.1) is 18.9 Å². The number of anilines is 1. The Morgan fingerprint density at radius 2 is 1.87 bits per heavy atom. The molecule has 2 aliphatic heterocycles. The Labute approximate surface area is 224 Å². The number of rotatable bonds is 6. The van der Waals surface area contributed by atoms with E-state index in [4.69, 9.17) is 9.84 Å². The molecule has 0 spiro atoms. The number of carbonyl (C=O) groups excluding carboxylic acids is 2. The summed E-state index contributed by atoms with van der Waals surface area (Å²) in [6, 6.07) is 19.2. The third kappa shape index (κ3) is 5.33. The van der Waals surface area contributed by atoms with E-state index in [-0.39, 0.29) is 18.1 Å². The number of thioether (sulfide) groups is 1. The minimum absolute atomic E-state index is 0.0311. The predicted molar refractivity (Wildman–Crippen MR) is 148 cm³/mol. The minimum atomic E-state index is -0.682. The number of nitrogens with one attached hydrogen (secondary N) is 1. The van der Waals surface area contributed by atoms with E-state index in [1.165, 1.54) is 17.8 Å². The van der Waals surface area contributed by atoms with Crippen molar-refractivity contribution in [2.75, 3.05) is 12.4 Å². The highest BCUT2D eigenvalue weighted by Gasteiger charge is 2.39. The monoisotopic (exact) mass is 530 g/mol. The van der Waals surface area contributed by atoms with Crippen LogP contribution in [-0.2, 0) is 9.59 Å². The van der Waals surface area contributed by atoms with Crippen LogP contribution in [0.2, 0.25) is 0 Å². The Balaban J connectivity index is 1.35. The first-order valence-corrected chi connectivity index (χ1v) is 13.1. The van der Waals surface area contributed by atoms with Gasteiger partial charge in [-0.3, -0.25) is 9.59 Å². The van der Waals surface area contributed by atoms with Crippen LogP contribution < -0.4 is 10.1 Å². The molecule has 0 saturated carbocycles. The number of ether oxygens (including phenoxy) is 1. The molecule has 0 radical (unpaired) electrons. The van der Waals surface area contributed by atoms with Crippen molar-refractivity contribution in [2.24, 2.45) is 10.1 Å². The zero-order chi connectivity index (χ0) is 26.8. The highest BCUT2D eigenvalue weighted by atomic mass is 32.2. The zero-order valence-corrected chi connectivity index (χ0v) is 22.1. The number of hydrogen-bond acceptors (Lipinski definition) is 6. The zero-order valence-electron chi connectivity index (χ0n) is 21.3. The van der Waals surface area contributed by atoms with Crippen molar-refractivity contribution in [2.45, 2.75) is 38.0 Å². The van der Waals surface area contributed by atoms with Crippen LogP contribution in [0.5, 0.6) is 5.75 Å². The molecule has 2 aliphatic rings. The summed E-state index contributed by atoms with van der Waals surface area (Å²) in [6.07, 6.45) is 0.398. The molecule has 0 unspecified atom stereocenters. The van der Waals surface area contributed by atoms with Gasteiger partial charge in [0.1, 0.15) is 16.8 Å². The molecule has 9 heteroatoms. The second kappa shape index (κ2) is 10.8. The SMILES string of the molecule is COc1ccc(C2=NN(C3=NC(=O)[C@@H](CC(=O)Nc4ccc(C)c(C)c4)S3)[C@@H](c3ccccc3F)C2)cc1. The number of hydrogen-bond donors (Lipinski definition) is 1. The fourth-order valence-electron chi connectivity index (χ4n) is 4.44. The molecule has 5 rings (SSSR count). The molecule has 2 heterocycles. The van der Waals surface area contributed by atoms with Gasteiger partial charge in [-0.15, -0.1) is 0 Å². The molecule has 3 aromatic carbocycles. The standard InChI is InChI=1S/C29H27FN4O3S/c1-17-8-11-20(14-18(17)2)31-27(35)16-26-28(36)32-29(38-26)34-25(22-6-4-5-7-23(22)30)15-24(33-34)19-9-12-21(37-3)13-10-19/h4-14,25-26H,15-16H2,1-3H3,(H,31,35)/t25-,26-/m1/s1. The Bertz CT molecular complexity index is 1450. The fraction of sp³-hybridized carbons (Fsp3) is 0.241. The lowest BCUT2D eigenvalue weighted by atomic mass is 9.98. The molecule has 7 nitrogen and oxygen atoms in total. The van der Waals surface area contributed by atoms with Gasteiger partial charge < -0.3 is 10.1 Å². The van der Waals surface area contributed by atoms with Crippen molar-refractivity contribution < 1.29 is 18.7 Å². The first kappa shape index (κ1) is 25.7. The molecule has 194 valence electrons. The van der Waals surface area contributed by atoms with Crippen molar-refractivity contribution in [3.05, 3.63) is 94.8 Å². The summed E-state index contributed by atoms with van der Waals surface area (Å²) >= 11 is 1.18. The molecule has 3 aromatic rings. The van der Waals surface area contributed by atoms with Crippen LogP contribution in [0.15, 0.2) is 76.8 Å². The van der Waals surface area contributed by atoms with E-state index in [1.807, 2.05) is 56.3 Å². The Hall–Kier alpha value is -3.98. The molecule has 2 amide bonds. The normalized spacial score (nSPS) is 18.8. The van der Waals surface area contributed by atoms with Crippen LogP contribution in [0.1, 0.15) is 41.1 Å². The number of halogens is 1.